The molecule has 1 aliphatic rings. The number of carboxylic acids is 1. The Kier molecular flexibility index (Phi) is 3.88. The van der Waals surface area contributed by atoms with Crippen LogP contribution in [0, 0.1) is 0 Å². The van der Waals surface area contributed by atoms with E-state index in [1.165, 1.54) is 19.1 Å². The van der Waals surface area contributed by atoms with Gasteiger partial charge >= 0.3 is 5.97 Å². The van der Waals surface area contributed by atoms with Crippen LogP contribution in [0.4, 0.5) is 11.8 Å². The summed E-state index contributed by atoms with van der Waals surface area (Å²) in [4.78, 5) is 42.3. The largest absolute Gasteiger partial charge is 0.478 e. The maximum atomic E-state index is 12.5. The second-order valence-corrected chi connectivity index (χ2v) is 5.79. The molecule has 2 aromatic rings. The molecule has 0 fully saturated rings. The Morgan fingerprint density at radius 3 is 2.44 bits per heavy atom. The van der Waals surface area contributed by atoms with Crippen molar-refractivity contribution in [3.63, 3.8) is 0 Å². The number of hydrogen-bond donors (Lipinski definition) is 4. The molecule has 1 aromatic heterocycles. The van der Waals surface area contributed by atoms with Crippen molar-refractivity contribution >= 4 is 23.5 Å². The number of fused-ring (bicyclic) bond motifs is 1. The van der Waals surface area contributed by atoms with E-state index in [0.717, 1.165) is 0 Å². The number of benzene rings is 1. The number of rotatable bonds is 3. The second kappa shape index (κ2) is 5.90. The Balaban J connectivity index is 2.26. The van der Waals surface area contributed by atoms with Crippen molar-refractivity contribution in [2.24, 2.45) is 0 Å². The van der Waals surface area contributed by atoms with Crippen LogP contribution >= 0.6 is 0 Å². The fourth-order valence-corrected chi connectivity index (χ4v) is 3.09. The number of allylic oxidation sites excluding steroid dienone is 2. The van der Waals surface area contributed by atoms with Crippen molar-refractivity contribution in [3.8, 4) is 0 Å². The lowest BCUT2D eigenvalue weighted by molar-refractivity contribution is -0.113. The number of aromatic nitrogens is 2. The molecule has 8 heteroatoms. The van der Waals surface area contributed by atoms with Crippen molar-refractivity contribution in [2.75, 3.05) is 11.1 Å². The molecule has 25 heavy (non-hydrogen) atoms. The highest BCUT2D eigenvalue weighted by Crippen LogP contribution is 2.39. The average Bonchev–Trinajstić information content (AvgIpc) is 2.52. The van der Waals surface area contributed by atoms with Gasteiger partial charge in [-0.15, -0.1) is 0 Å². The van der Waals surface area contributed by atoms with Crippen molar-refractivity contribution in [3.05, 3.63) is 62.6 Å². The molecule has 0 spiro atoms. The van der Waals surface area contributed by atoms with Crippen LogP contribution in [0.1, 0.15) is 41.3 Å². The minimum absolute atomic E-state index is 0.0321. The first-order valence-corrected chi connectivity index (χ1v) is 7.51. The lowest BCUT2D eigenvalue weighted by Crippen LogP contribution is -2.30. The number of carbonyl (C=O) groups is 2. The molecule has 0 aliphatic carbocycles. The Morgan fingerprint density at radius 2 is 1.88 bits per heavy atom. The third-order valence-corrected chi connectivity index (χ3v) is 4.13. The number of nitrogen functional groups attached to an aromatic ring is 1. The third-order valence-electron chi connectivity index (χ3n) is 4.13. The molecule has 0 saturated heterocycles. The van der Waals surface area contributed by atoms with Crippen molar-refractivity contribution in [2.45, 2.75) is 19.8 Å². The lowest BCUT2D eigenvalue weighted by Gasteiger charge is -2.28. The molecule has 128 valence electrons. The standard InChI is InChI=1S/C17H16N4O4/c1-7-11(8(2)22)12(9-3-5-10(6-4-9)16(24)25)13-14(19-7)20-17(18)21-15(13)23/h3-6,12H,1-2H3,(H,24,25)(H4,18,19,20,21,23). The molecule has 0 bridgehead atoms. The van der Waals surface area contributed by atoms with Gasteiger partial charge in [-0.05, 0) is 31.5 Å². The third kappa shape index (κ3) is 2.78. The predicted molar refractivity (Wildman–Crippen MR) is 91.5 cm³/mol. The van der Waals surface area contributed by atoms with E-state index in [1.54, 1.807) is 19.1 Å². The molecule has 2 heterocycles. The summed E-state index contributed by atoms with van der Waals surface area (Å²) in [5, 5.41) is 12.0. The molecule has 0 radical (unpaired) electrons. The normalized spacial score (nSPS) is 16.2. The Labute approximate surface area is 142 Å². The van der Waals surface area contributed by atoms with E-state index in [2.05, 4.69) is 15.3 Å². The molecule has 3 rings (SSSR count). The van der Waals surface area contributed by atoms with Crippen LogP contribution in [-0.2, 0) is 4.79 Å². The summed E-state index contributed by atoms with van der Waals surface area (Å²) in [6.45, 7) is 3.14. The van der Waals surface area contributed by atoms with Gasteiger partial charge in [-0.25, -0.2) is 4.79 Å². The molecule has 0 saturated carbocycles. The summed E-state index contributed by atoms with van der Waals surface area (Å²) in [6.07, 6.45) is 0. The fraction of sp³-hybridized carbons (Fsp3) is 0.176. The molecule has 8 nitrogen and oxygen atoms in total. The molecule has 1 aromatic carbocycles. The lowest BCUT2D eigenvalue weighted by atomic mass is 9.80. The fourth-order valence-electron chi connectivity index (χ4n) is 3.09. The van der Waals surface area contributed by atoms with Crippen LogP contribution in [-0.4, -0.2) is 26.8 Å². The number of ketones is 1. The highest BCUT2D eigenvalue weighted by molar-refractivity contribution is 5.98. The first-order valence-electron chi connectivity index (χ1n) is 7.51. The van der Waals surface area contributed by atoms with E-state index in [0.29, 0.717) is 16.8 Å². The summed E-state index contributed by atoms with van der Waals surface area (Å²) in [7, 11) is 0. The topological polar surface area (TPSA) is 138 Å². The highest BCUT2D eigenvalue weighted by atomic mass is 16.4. The molecule has 1 atom stereocenters. The monoisotopic (exact) mass is 340 g/mol. The number of aromatic carboxylic acids is 1. The van der Waals surface area contributed by atoms with Gasteiger partial charge in [0.2, 0.25) is 5.95 Å². The number of nitrogens with zero attached hydrogens (tertiary/aromatic N) is 1. The van der Waals surface area contributed by atoms with Crippen LogP contribution in [0.2, 0.25) is 0 Å². The van der Waals surface area contributed by atoms with Gasteiger partial charge in [0.1, 0.15) is 5.82 Å². The Hall–Kier alpha value is -3.42. The van der Waals surface area contributed by atoms with Crippen LogP contribution < -0.4 is 16.6 Å². The second-order valence-electron chi connectivity index (χ2n) is 5.79. The number of carbonyl (C=O) groups excluding carboxylic acids is 1. The van der Waals surface area contributed by atoms with Crippen LogP contribution in [0.3, 0.4) is 0 Å². The quantitative estimate of drug-likeness (QED) is 0.663. The van der Waals surface area contributed by atoms with Crippen LogP contribution in [0.25, 0.3) is 0 Å². The maximum absolute atomic E-state index is 12.5. The highest BCUT2D eigenvalue weighted by Gasteiger charge is 2.33. The van der Waals surface area contributed by atoms with Gasteiger partial charge in [0.25, 0.3) is 5.56 Å². The first-order chi connectivity index (χ1) is 11.8. The maximum Gasteiger partial charge on any atom is 0.335 e. The first kappa shape index (κ1) is 16.4. The smallest absolute Gasteiger partial charge is 0.335 e. The summed E-state index contributed by atoms with van der Waals surface area (Å²) in [6, 6.07) is 6.06. The summed E-state index contributed by atoms with van der Waals surface area (Å²) in [5.41, 5.74) is 7.16. The molecular weight excluding hydrogens is 324 g/mol. The molecule has 1 unspecified atom stereocenters. The minimum atomic E-state index is -1.05. The van der Waals surface area contributed by atoms with Crippen molar-refractivity contribution in [1.29, 1.82) is 0 Å². The number of nitrogens with two attached hydrogens (primary N) is 1. The zero-order chi connectivity index (χ0) is 18.3. The summed E-state index contributed by atoms with van der Waals surface area (Å²) in [5.74, 6) is -1.65. The van der Waals surface area contributed by atoms with E-state index >= 15 is 0 Å². The van der Waals surface area contributed by atoms with Crippen LogP contribution in [0.5, 0.6) is 0 Å². The molecular formula is C17H16N4O4. The van der Waals surface area contributed by atoms with Crippen molar-refractivity contribution < 1.29 is 14.7 Å². The SMILES string of the molecule is CC(=O)C1=C(C)Nc2nc(N)[nH]c(=O)c2C1c1ccc(C(=O)O)cc1. The number of anilines is 2. The summed E-state index contributed by atoms with van der Waals surface area (Å²) < 4.78 is 0. The van der Waals surface area contributed by atoms with Gasteiger partial charge in [-0.2, -0.15) is 4.98 Å². The summed E-state index contributed by atoms with van der Waals surface area (Å²) >= 11 is 0. The number of hydrogen-bond acceptors (Lipinski definition) is 6. The van der Waals surface area contributed by atoms with Gasteiger partial charge in [0.05, 0.1) is 11.1 Å². The number of H-pyrrole nitrogens is 1. The molecule has 5 N–H and O–H groups in total. The van der Waals surface area contributed by atoms with Crippen molar-refractivity contribution in [1.82, 2.24) is 9.97 Å². The zero-order valence-corrected chi connectivity index (χ0v) is 13.6. The zero-order valence-electron chi connectivity index (χ0n) is 13.6. The van der Waals surface area contributed by atoms with E-state index < -0.39 is 17.4 Å². The number of Topliss-reactive ketones (excluding diaryl/α,β-unsaturated/α-hetero) is 1. The Morgan fingerprint density at radius 1 is 1.24 bits per heavy atom. The van der Waals surface area contributed by atoms with Gasteiger partial charge < -0.3 is 16.2 Å². The number of carboxylic acid groups (broad SMARTS) is 1. The van der Waals surface area contributed by atoms with Gasteiger partial charge in [-0.1, -0.05) is 12.1 Å². The molecule has 0 amide bonds. The van der Waals surface area contributed by atoms with Crippen LogP contribution in [0.15, 0.2) is 40.3 Å². The van der Waals surface area contributed by atoms with Gasteiger partial charge in [0.15, 0.2) is 5.78 Å². The minimum Gasteiger partial charge on any atom is -0.478 e. The number of aromatic amines is 1. The molecule has 1 aliphatic heterocycles. The average molecular weight is 340 g/mol. The van der Waals surface area contributed by atoms with Gasteiger partial charge in [0, 0.05) is 17.2 Å². The van der Waals surface area contributed by atoms with Gasteiger partial charge in [-0.3, -0.25) is 14.6 Å². The van der Waals surface area contributed by atoms with E-state index in [-0.39, 0.29) is 28.7 Å². The predicted octanol–water partition coefficient (Wildman–Crippen LogP) is 1.47. The Bertz CT molecular complexity index is 973. The van der Waals surface area contributed by atoms with E-state index in [4.69, 9.17) is 10.8 Å². The van der Waals surface area contributed by atoms with E-state index in [1.807, 2.05) is 0 Å². The van der Waals surface area contributed by atoms with E-state index in [9.17, 15) is 14.4 Å². The number of nitrogens with one attached hydrogen (secondary N) is 2.